The molecule has 2 rings (SSSR count). The molecule has 3 N–H and O–H groups in total. The predicted octanol–water partition coefficient (Wildman–Crippen LogP) is 2.47. The fourth-order valence-electron chi connectivity index (χ4n) is 2.30. The van der Waals surface area contributed by atoms with Crippen molar-refractivity contribution < 1.29 is 13.2 Å². The fraction of sp³-hybridized carbons (Fsp3) is 0.571. The Morgan fingerprint density at radius 2 is 2.19 bits per heavy atom. The Kier molecular flexibility index (Phi) is 5.48. The maximum Gasteiger partial charge on any atom is 0.240 e. The number of ether oxygens (including phenoxy) is 1. The zero-order valence-corrected chi connectivity index (χ0v) is 13.6. The molecule has 0 aliphatic carbocycles. The van der Waals surface area contributed by atoms with Crippen LogP contribution in [0.3, 0.4) is 0 Å². The van der Waals surface area contributed by atoms with E-state index in [0.29, 0.717) is 29.2 Å². The van der Waals surface area contributed by atoms with Gasteiger partial charge >= 0.3 is 0 Å². The van der Waals surface area contributed by atoms with Gasteiger partial charge in [-0.2, -0.15) is 0 Å². The molecule has 0 radical (unpaired) electrons. The number of nitrogen functional groups attached to an aromatic ring is 1. The molecule has 1 aliphatic rings. The Labute approximate surface area is 130 Å². The van der Waals surface area contributed by atoms with Crippen LogP contribution in [0, 0.1) is 6.92 Å². The van der Waals surface area contributed by atoms with Crippen LogP contribution >= 0.6 is 11.6 Å². The van der Waals surface area contributed by atoms with Crippen molar-refractivity contribution in [3.05, 3.63) is 22.7 Å². The maximum absolute atomic E-state index is 12.2. The Hall–Kier alpha value is -0.820. The molecule has 0 aromatic heterocycles. The number of benzene rings is 1. The topological polar surface area (TPSA) is 81.4 Å². The van der Waals surface area contributed by atoms with Gasteiger partial charge in [0, 0.05) is 23.9 Å². The number of nitrogens with two attached hydrogens (primary N) is 1. The minimum atomic E-state index is -3.59. The van der Waals surface area contributed by atoms with Gasteiger partial charge in [-0.25, -0.2) is 13.1 Å². The van der Waals surface area contributed by atoms with Crippen LogP contribution in [0.2, 0.25) is 5.02 Å². The zero-order valence-electron chi connectivity index (χ0n) is 12.1. The lowest BCUT2D eigenvalue weighted by Crippen LogP contribution is -2.29. The van der Waals surface area contributed by atoms with Gasteiger partial charge in [-0.15, -0.1) is 0 Å². The molecular weight excluding hydrogens is 312 g/mol. The van der Waals surface area contributed by atoms with Crippen molar-refractivity contribution >= 4 is 27.3 Å². The van der Waals surface area contributed by atoms with E-state index in [4.69, 9.17) is 22.1 Å². The van der Waals surface area contributed by atoms with Crippen LogP contribution in [0.4, 0.5) is 5.69 Å². The van der Waals surface area contributed by atoms with E-state index in [1.807, 2.05) is 0 Å². The molecule has 0 bridgehead atoms. The maximum atomic E-state index is 12.2. The summed E-state index contributed by atoms with van der Waals surface area (Å²) in [7, 11) is -3.59. The highest BCUT2D eigenvalue weighted by Gasteiger charge is 2.18. The van der Waals surface area contributed by atoms with Crippen LogP contribution < -0.4 is 10.5 Å². The second-order valence-corrected chi connectivity index (χ2v) is 7.47. The molecule has 1 fully saturated rings. The number of nitrogens with one attached hydrogen (secondary N) is 1. The summed E-state index contributed by atoms with van der Waals surface area (Å²) in [6, 6.07) is 2.85. The second kappa shape index (κ2) is 6.96. The third-order valence-electron chi connectivity index (χ3n) is 3.70. The van der Waals surface area contributed by atoms with Gasteiger partial charge in [0.05, 0.1) is 11.0 Å². The van der Waals surface area contributed by atoms with Gasteiger partial charge in [-0.05, 0) is 50.3 Å². The first-order valence-corrected chi connectivity index (χ1v) is 8.93. The van der Waals surface area contributed by atoms with Crippen LogP contribution in [0.15, 0.2) is 17.0 Å². The number of halogens is 1. The van der Waals surface area contributed by atoms with Crippen LogP contribution in [-0.4, -0.2) is 27.7 Å². The standard InChI is InChI=1S/C14H21ClN2O3S/c1-10-13(15)8-12(9-14(10)16)21(18,19)17-6-5-11-4-2-3-7-20-11/h8-9,11,17H,2-7,16H2,1H3. The first-order chi connectivity index (χ1) is 9.90. The highest BCUT2D eigenvalue weighted by atomic mass is 35.5. The lowest BCUT2D eigenvalue weighted by Gasteiger charge is -2.22. The Balaban J connectivity index is 1.98. The average Bonchev–Trinajstić information content (AvgIpc) is 2.45. The van der Waals surface area contributed by atoms with E-state index in [0.717, 1.165) is 25.9 Å². The molecule has 1 aromatic rings. The number of sulfonamides is 1. The lowest BCUT2D eigenvalue weighted by atomic mass is 10.1. The van der Waals surface area contributed by atoms with Gasteiger partial charge in [-0.3, -0.25) is 0 Å². The summed E-state index contributed by atoms with van der Waals surface area (Å²) in [5.74, 6) is 0. The van der Waals surface area contributed by atoms with Crippen molar-refractivity contribution in [2.75, 3.05) is 18.9 Å². The van der Waals surface area contributed by atoms with Crippen molar-refractivity contribution in [1.29, 1.82) is 0 Å². The molecule has 1 aliphatic heterocycles. The summed E-state index contributed by atoms with van der Waals surface area (Å²) in [5, 5.41) is 0.353. The zero-order chi connectivity index (χ0) is 15.5. The summed E-state index contributed by atoms with van der Waals surface area (Å²) in [5.41, 5.74) is 6.83. The lowest BCUT2D eigenvalue weighted by molar-refractivity contribution is 0.0123. The fourth-order valence-corrected chi connectivity index (χ4v) is 3.70. The summed E-state index contributed by atoms with van der Waals surface area (Å²) >= 11 is 5.99. The van der Waals surface area contributed by atoms with Gasteiger partial charge in [0.15, 0.2) is 0 Å². The molecule has 21 heavy (non-hydrogen) atoms. The quantitative estimate of drug-likeness (QED) is 0.811. The highest BCUT2D eigenvalue weighted by molar-refractivity contribution is 7.89. The van der Waals surface area contributed by atoms with E-state index in [-0.39, 0.29) is 11.0 Å². The number of hydrogen-bond donors (Lipinski definition) is 2. The predicted molar refractivity (Wildman–Crippen MR) is 84.0 cm³/mol. The molecule has 5 nitrogen and oxygen atoms in total. The Morgan fingerprint density at radius 1 is 1.43 bits per heavy atom. The van der Waals surface area contributed by atoms with Gasteiger partial charge in [-0.1, -0.05) is 11.6 Å². The Morgan fingerprint density at radius 3 is 2.81 bits per heavy atom. The van der Waals surface area contributed by atoms with Crippen molar-refractivity contribution in [1.82, 2.24) is 4.72 Å². The molecule has 7 heteroatoms. The number of anilines is 1. The molecule has 0 saturated carbocycles. The first-order valence-electron chi connectivity index (χ1n) is 7.07. The van der Waals surface area contributed by atoms with Crippen LogP contribution in [-0.2, 0) is 14.8 Å². The molecule has 1 aromatic carbocycles. The van der Waals surface area contributed by atoms with E-state index >= 15 is 0 Å². The molecule has 1 heterocycles. The molecule has 1 saturated heterocycles. The van der Waals surface area contributed by atoms with Crippen molar-refractivity contribution in [3.8, 4) is 0 Å². The summed E-state index contributed by atoms with van der Waals surface area (Å²) in [6.45, 7) is 2.86. The van der Waals surface area contributed by atoms with Gasteiger partial charge in [0.1, 0.15) is 0 Å². The minimum absolute atomic E-state index is 0.0974. The van der Waals surface area contributed by atoms with Gasteiger partial charge < -0.3 is 10.5 Å². The summed E-state index contributed by atoms with van der Waals surface area (Å²) < 4.78 is 32.6. The number of rotatable bonds is 5. The van der Waals surface area contributed by atoms with Crippen molar-refractivity contribution in [2.24, 2.45) is 0 Å². The van der Waals surface area contributed by atoms with Crippen LogP contribution in [0.1, 0.15) is 31.2 Å². The summed E-state index contributed by atoms with van der Waals surface area (Å²) in [6.07, 6.45) is 4.04. The molecule has 0 spiro atoms. The van der Waals surface area contributed by atoms with E-state index in [2.05, 4.69) is 4.72 Å². The molecule has 1 atom stereocenters. The van der Waals surface area contributed by atoms with E-state index in [1.165, 1.54) is 12.1 Å². The van der Waals surface area contributed by atoms with Crippen LogP contribution in [0.5, 0.6) is 0 Å². The first kappa shape index (κ1) is 16.5. The van der Waals surface area contributed by atoms with E-state index < -0.39 is 10.0 Å². The van der Waals surface area contributed by atoms with Gasteiger partial charge in [0.25, 0.3) is 0 Å². The Bertz CT molecular complexity index is 575. The van der Waals surface area contributed by atoms with E-state index in [9.17, 15) is 8.42 Å². The third kappa shape index (κ3) is 4.32. The highest BCUT2D eigenvalue weighted by Crippen LogP contribution is 2.26. The normalized spacial score (nSPS) is 19.6. The van der Waals surface area contributed by atoms with Crippen molar-refractivity contribution in [3.63, 3.8) is 0 Å². The van der Waals surface area contributed by atoms with Crippen LogP contribution in [0.25, 0.3) is 0 Å². The van der Waals surface area contributed by atoms with E-state index in [1.54, 1.807) is 6.92 Å². The minimum Gasteiger partial charge on any atom is -0.398 e. The monoisotopic (exact) mass is 332 g/mol. The van der Waals surface area contributed by atoms with Gasteiger partial charge in [0.2, 0.25) is 10.0 Å². The molecule has 1 unspecified atom stereocenters. The summed E-state index contributed by atoms with van der Waals surface area (Å²) in [4.78, 5) is 0.0974. The average molecular weight is 333 g/mol. The SMILES string of the molecule is Cc1c(N)cc(S(=O)(=O)NCCC2CCCCO2)cc1Cl. The smallest absolute Gasteiger partial charge is 0.240 e. The largest absolute Gasteiger partial charge is 0.398 e. The van der Waals surface area contributed by atoms with Crippen molar-refractivity contribution in [2.45, 2.75) is 43.6 Å². The molecule has 0 amide bonds. The molecule has 118 valence electrons. The molecular formula is C14H21ClN2O3S. The second-order valence-electron chi connectivity index (χ2n) is 5.29. The third-order valence-corrected chi connectivity index (χ3v) is 5.53. The number of hydrogen-bond acceptors (Lipinski definition) is 4.